The molecule has 0 saturated heterocycles. The minimum Gasteiger partial charge on any atom is -0.387 e. The second kappa shape index (κ2) is 71.2. The standard InChI is InChI=1S/C83H141N2O6P/c1-6-8-10-12-14-16-18-20-22-24-26-28-30-32-34-36-38-39-40-41-42-43-44-45-47-49-51-53-55-57-59-61-63-65-67-69-71-73-75-77-83(87)84-81(80-91-92(88,89)90-79-78-85(3,4)5)82(86)76-74-72-70-68-66-64-62-60-58-56-54-52-50-48-46-37-35-33-31-29-27-25-23-21-19-17-15-13-11-9-7-2/h8,10,14,16,20,22,26,28,32,34,38-39,41-42,44-45,49,51,55,57,61,63,66-69,74,76,81-82,86H,6-7,9,11-13,15,17-19,21,23-25,27,29-31,33,35-37,40,43,46-48,50,52-54,56,58-60,62,64-65,70-73,75,77-80H2,1-5H3,(H-,84,87,88,89)/p+1/b10-8-,16-14-,22-20-,28-26-,34-32-,39-38-,42-41-,45-44-,51-49-,57-55-,63-61-,68-66+,69-67-,76-74+. The van der Waals surface area contributed by atoms with E-state index in [1.807, 2.05) is 27.2 Å². The number of phosphoric ester groups is 1. The van der Waals surface area contributed by atoms with Crippen molar-refractivity contribution in [3.63, 3.8) is 0 Å². The van der Waals surface area contributed by atoms with Gasteiger partial charge in [0.25, 0.3) is 0 Å². The molecule has 0 heterocycles. The Balaban J connectivity index is 4.23. The van der Waals surface area contributed by atoms with Gasteiger partial charge in [-0.25, -0.2) is 4.57 Å². The summed E-state index contributed by atoms with van der Waals surface area (Å²) in [5.74, 6) is -0.233. The highest BCUT2D eigenvalue weighted by Gasteiger charge is 2.28. The van der Waals surface area contributed by atoms with Gasteiger partial charge in [-0.1, -0.05) is 338 Å². The summed E-state index contributed by atoms with van der Waals surface area (Å²) in [6.45, 7) is 4.66. The molecule has 0 radical (unpaired) electrons. The quantitative estimate of drug-likeness (QED) is 0.0243. The SMILES string of the molecule is CC/C=C\C/C=C\C/C=C\C/C=C\C/C=C\C/C=C\C/C=C\C/C=C\C/C=C\C/C=C\C/C=C\C/C=C\CCCCC(=O)NC(COP(=O)(O)OCC[N+](C)(C)C)C(O)/C=C/CC/C=C/CCCCCCCCCCCCCCCCCCCCCCCCCCC. The van der Waals surface area contributed by atoms with Crippen molar-refractivity contribution in [3.05, 3.63) is 170 Å². The van der Waals surface area contributed by atoms with Crippen molar-refractivity contribution >= 4 is 13.7 Å². The molecule has 0 aromatic heterocycles. The molecule has 8 nitrogen and oxygen atoms in total. The third kappa shape index (κ3) is 73.3. The summed E-state index contributed by atoms with van der Waals surface area (Å²) in [4.78, 5) is 23.4. The zero-order valence-electron chi connectivity index (χ0n) is 60.0. The third-order valence-electron chi connectivity index (χ3n) is 15.9. The molecular formula is C83H142N2O6P+. The van der Waals surface area contributed by atoms with Crippen LogP contribution in [0, 0.1) is 0 Å². The maximum atomic E-state index is 13.0. The first-order valence-corrected chi connectivity index (χ1v) is 39.0. The van der Waals surface area contributed by atoms with Gasteiger partial charge in [0.15, 0.2) is 0 Å². The summed E-state index contributed by atoms with van der Waals surface area (Å²) >= 11 is 0. The van der Waals surface area contributed by atoms with Crippen LogP contribution in [0.4, 0.5) is 0 Å². The number of phosphoric acid groups is 1. The Bertz CT molecular complexity index is 2110. The van der Waals surface area contributed by atoms with Crippen LogP contribution in [0.15, 0.2) is 170 Å². The van der Waals surface area contributed by atoms with E-state index in [1.54, 1.807) is 6.08 Å². The normalized spacial score (nSPS) is 14.6. The predicted octanol–water partition coefficient (Wildman–Crippen LogP) is 24.7. The number of nitrogens with zero attached hydrogens (tertiary/aromatic N) is 1. The van der Waals surface area contributed by atoms with Gasteiger partial charge < -0.3 is 19.8 Å². The van der Waals surface area contributed by atoms with Crippen LogP contribution in [0.25, 0.3) is 0 Å². The lowest BCUT2D eigenvalue weighted by molar-refractivity contribution is -0.870. The number of nitrogens with one attached hydrogen (secondary N) is 1. The molecule has 0 saturated carbocycles. The number of allylic oxidation sites excluding steroid dienone is 27. The van der Waals surface area contributed by atoms with Crippen LogP contribution in [0.2, 0.25) is 0 Å². The second-order valence-corrected chi connectivity index (χ2v) is 27.4. The van der Waals surface area contributed by atoms with Crippen molar-refractivity contribution in [1.82, 2.24) is 5.32 Å². The summed E-state index contributed by atoms with van der Waals surface area (Å²) in [5, 5.41) is 14.0. The molecule has 9 heteroatoms. The third-order valence-corrected chi connectivity index (χ3v) is 16.9. The van der Waals surface area contributed by atoms with Crippen LogP contribution in [0.3, 0.4) is 0 Å². The Kier molecular flexibility index (Phi) is 68.0. The molecule has 0 aliphatic rings. The van der Waals surface area contributed by atoms with Gasteiger partial charge in [0.1, 0.15) is 13.2 Å². The molecule has 0 spiro atoms. The van der Waals surface area contributed by atoms with Gasteiger partial charge in [-0.15, -0.1) is 0 Å². The number of hydrogen-bond acceptors (Lipinski definition) is 5. The molecule has 3 unspecified atom stereocenters. The van der Waals surface area contributed by atoms with Crippen LogP contribution < -0.4 is 5.32 Å². The van der Waals surface area contributed by atoms with Crippen LogP contribution in [0.1, 0.15) is 296 Å². The highest BCUT2D eigenvalue weighted by Crippen LogP contribution is 2.43. The van der Waals surface area contributed by atoms with Gasteiger partial charge in [0, 0.05) is 6.42 Å². The van der Waals surface area contributed by atoms with E-state index in [0.717, 1.165) is 109 Å². The molecule has 0 bridgehead atoms. The Morgan fingerprint density at radius 2 is 0.663 bits per heavy atom. The number of aliphatic hydroxyl groups excluding tert-OH is 1. The summed E-state index contributed by atoms with van der Waals surface area (Å²) in [6.07, 6.45) is 112. The van der Waals surface area contributed by atoms with Gasteiger partial charge in [-0.3, -0.25) is 13.8 Å². The number of rotatable bonds is 67. The number of amides is 1. The highest BCUT2D eigenvalue weighted by atomic mass is 31.2. The zero-order chi connectivity index (χ0) is 66.9. The zero-order valence-corrected chi connectivity index (χ0v) is 60.9. The van der Waals surface area contributed by atoms with E-state index >= 15 is 0 Å². The maximum Gasteiger partial charge on any atom is 0.472 e. The van der Waals surface area contributed by atoms with Gasteiger partial charge in [0.05, 0.1) is 39.9 Å². The van der Waals surface area contributed by atoms with Crippen molar-refractivity contribution < 1.29 is 32.9 Å². The van der Waals surface area contributed by atoms with Gasteiger partial charge in [0.2, 0.25) is 5.91 Å². The molecule has 0 aromatic carbocycles. The van der Waals surface area contributed by atoms with Crippen molar-refractivity contribution in [2.24, 2.45) is 0 Å². The van der Waals surface area contributed by atoms with Crippen LogP contribution in [0.5, 0.6) is 0 Å². The summed E-state index contributed by atoms with van der Waals surface area (Å²) in [5.41, 5.74) is 0. The lowest BCUT2D eigenvalue weighted by Crippen LogP contribution is -2.45. The molecule has 1 amide bonds. The molecule has 3 atom stereocenters. The van der Waals surface area contributed by atoms with Crippen LogP contribution in [-0.2, 0) is 18.4 Å². The number of hydrogen-bond donors (Lipinski definition) is 3. The molecule has 0 aliphatic heterocycles. The number of carbonyl (C=O) groups is 1. The van der Waals surface area contributed by atoms with Gasteiger partial charge in [-0.2, -0.15) is 0 Å². The summed E-state index contributed by atoms with van der Waals surface area (Å²) < 4.78 is 23.8. The van der Waals surface area contributed by atoms with E-state index in [9.17, 15) is 19.4 Å². The number of quaternary nitrogens is 1. The van der Waals surface area contributed by atoms with Crippen molar-refractivity contribution in [3.8, 4) is 0 Å². The van der Waals surface area contributed by atoms with Crippen molar-refractivity contribution in [1.29, 1.82) is 0 Å². The monoisotopic (exact) mass is 1290 g/mol. The summed E-state index contributed by atoms with van der Waals surface area (Å²) in [7, 11) is 1.51. The average Bonchev–Trinajstić information content (AvgIpc) is 2.63. The fourth-order valence-corrected chi connectivity index (χ4v) is 10.9. The highest BCUT2D eigenvalue weighted by molar-refractivity contribution is 7.47. The molecule has 0 aromatic rings. The molecule has 0 rings (SSSR count). The minimum absolute atomic E-state index is 0.0385. The van der Waals surface area contributed by atoms with E-state index in [4.69, 9.17) is 9.05 Å². The molecular weight excluding hydrogens is 1150 g/mol. The number of likely N-dealkylation sites (N-methyl/N-ethyl adjacent to an activating group) is 1. The fourth-order valence-electron chi connectivity index (χ4n) is 10.2. The van der Waals surface area contributed by atoms with E-state index < -0.39 is 20.0 Å². The van der Waals surface area contributed by atoms with Gasteiger partial charge in [-0.05, 0) is 122 Å². The Labute approximate surface area is 568 Å². The first-order valence-electron chi connectivity index (χ1n) is 37.5. The second-order valence-electron chi connectivity index (χ2n) is 25.9. The van der Waals surface area contributed by atoms with E-state index in [0.29, 0.717) is 17.4 Å². The Morgan fingerprint density at radius 1 is 0.380 bits per heavy atom. The average molecular weight is 1300 g/mol. The molecule has 3 N–H and O–H groups in total. The van der Waals surface area contributed by atoms with Crippen LogP contribution in [-0.4, -0.2) is 73.4 Å². The van der Waals surface area contributed by atoms with E-state index in [2.05, 4.69) is 177 Å². The number of unbranched alkanes of at least 4 members (excludes halogenated alkanes) is 28. The lowest BCUT2D eigenvalue weighted by Gasteiger charge is -2.25. The first kappa shape index (κ1) is 87.9. The van der Waals surface area contributed by atoms with Crippen molar-refractivity contribution in [2.75, 3.05) is 40.9 Å². The fraction of sp³-hybridized carbons (Fsp3) is 0.651. The molecule has 0 aliphatic carbocycles. The Hall–Kier alpha value is -4.14. The number of aliphatic hydroxyl groups is 1. The topological polar surface area (TPSA) is 105 Å². The predicted molar refractivity (Wildman–Crippen MR) is 405 cm³/mol. The lowest BCUT2D eigenvalue weighted by atomic mass is 10.0. The molecule has 0 fully saturated rings. The largest absolute Gasteiger partial charge is 0.472 e. The van der Waals surface area contributed by atoms with E-state index in [-0.39, 0.29) is 25.5 Å². The van der Waals surface area contributed by atoms with Gasteiger partial charge >= 0.3 is 7.82 Å². The first-order chi connectivity index (χ1) is 45.0. The smallest absolute Gasteiger partial charge is 0.387 e. The van der Waals surface area contributed by atoms with E-state index in [1.165, 1.54) is 161 Å². The molecule has 524 valence electrons. The minimum atomic E-state index is -4.39. The summed E-state index contributed by atoms with van der Waals surface area (Å²) in [6, 6.07) is -0.902. The number of carbonyl (C=O) groups excluding carboxylic acids is 1. The van der Waals surface area contributed by atoms with Crippen LogP contribution >= 0.6 is 7.82 Å². The van der Waals surface area contributed by atoms with Crippen molar-refractivity contribution in [2.45, 2.75) is 309 Å². The Morgan fingerprint density at radius 3 is 1.00 bits per heavy atom. The molecule has 92 heavy (non-hydrogen) atoms. The maximum absolute atomic E-state index is 13.0.